The Morgan fingerprint density at radius 1 is 1.33 bits per heavy atom. The molecule has 0 atom stereocenters. The number of allylic oxidation sites excluding steroid dienone is 1. The van der Waals surface area contributed by atoms with Crippen LogP contribution in [0.3, 0.4) is 0 Å². The van der Waals surface area contributed by atoms with Gasteiger partial charge in [-0.1, -0.05) is 6.92 Å². The molecule has 0 aromatic carbocycles. The molecule has 0 aliphatic heterocycles. The second-order valence-electron chi connectivity index (χ2n) is 2.32. The van der Waals surface area contributed by atoms with E-state index in [2.05, 4.69) is 0 Å². The lowest BCUT2D eigenvalue weighted by Crippen LogP contribution is -2.09. The molecule has 0 spiro atoms. The highest BCUT2D eigenvalue weighted by atomic mass is 16.5. The first-order valence-electron chi connectivity index (χ1n) is 3.99. The second kappa shape index (κ2) is 5.52. The minimum Gasteiger partial charge on any atom is -0.501 e. The molecular weight excluding hydrogens is 156 g/mol. The number of carbonyl (C=O) groups is 2. The Kier molecular flexibility index (Phi) is 5.00. The molecule has 0 unspecified atom stereocenters. The third-order valence-corrected chi connectivity index (χ3v) is 1.37. The van der Waals surface area contributed by atoms with Gasteiger partial charge in [0.2, 0.25) is 0 Å². The number of rotatable bonds is 5. The zero-order chi connectivity index (χ0) is 9.56. The summed E-state index contributed by atoms with van der Waals surface area (Å²) in [4.78, 5) is 22.0. The van der Waals surface area contributed by atoms with Crippen LogP contribution >= 0.6 is 0 Å². The normalized spacial score (nSPS) is 11.1. The monoisotopic (exact) mass is 170 g/mol. The smallest absolute Gasteiger partial charge is 0.169 e. The van der Waals surface area contributed by atoms with Gasteiger partial charge in [0.1, 0.15) is 0 Å². The molecule has 0 aromatic rings. The van der Waals surface area contributed by atoms with Crippen LogP contribution in [0.5, 0.6) is 0 Å². The van der Waals surface area contributed by atoms with Gasteiger partial charge < -0.3 is 4.74 Å². The minimum atomic E-state index is -0.240. The van der Waals surface area contributed by atoms with Crippen molar-refractivity contribution in [3.63, 3.8) is 0 Å². The van der Waals surface area contributed by atoms with Crippen molar-refractivity contribution in [2.45, 2.75) is 27.2 Å². The van der Waals surface area contributed by atoms with Gasteiger partial charge in [0.15, 0.2) is 11.6 Å². The predicted molar refractivity (Wildman–Crippen MR) is 45.7 cm³/mol. The molecular formula is C9H14O3. The van der Waals surface area contributed by atoms with Crippen LogP contribution < -0.4 is 0 Å². The highest BCUT2D eigenvalue weighted by Gasteiger charge is 2.11. The average molecular weight is 170 g/mol. The Morgan fingerprint density at radius 2 is 1.92 bits per heavy atom. The van der Waals surface area contributed by atoms with E-state index in [0.717, 1.165) is 0 Å². The van der Waals surface area contributed by atoms with Crippen LogP contribution in [0.4, 0.5) is 0 Å². The van der Waals surface area contributed by atoms with E-state index in [0.29, 0.717) is 13.0 Å². The van der Waals surface area contributed by atoms with Crippen molar-refractivity contribution in [3.8, 4) is 0 Å². The summed E-state index contributed by atoms with van der Waals surface area (Å²) in [6, 6.07) is 0. The number of Topliss-reactive ketones (excluding diaryl/α,β-unsaturated/α-hetero) is 2. The van der Waals surface area contributed by atoms with Gasteiger partial charge in [-0.05, 0) is 13.8 Å². The van der Waals surface area contributed by atoms with Gasteiger partial charge in [-0.15, -0.1) is 0 Å². The van der Waals surface area contributed by atoms with Gasteiger partial charge in [0.05, 0.1) is 18.4 Å². The van der Waals surface area contributed by atoms with Crippen molar-refractivity contribution in [2.75, 3.05) is 6.61 Å². The molecule has 0 N–H and O–H groups in total. The highest BCUT2D eigenvalue weighted by molar-refractivity contribution is 6.18. The number of ether oxygens (including phenoxy) is 1. The fourth-order valence-electron chi connectivity index (χ4n) is 0.702. The lowest BCUT2D eigenvalue weighted by Gasteiger charge is -2.00. The third kappa shape index (κ3) is 3.32. The van der Waals surface area contributed by atoms with Crippen LogP contribution in [0, 0.1) is 0 Å². The molecule has 3 nitrogen and oxygen atoms in total. The van der Waals surface area contributed by atoms with Crippen molar-refractivity contribution in [1.29, 1.82) is 0 Å². The van der Waals surface area contributed by atoms with Crippen LogP contribution in [0.1, 0.15) is 27.2 Å². The van der Waals surface area contributed by atoms with Crippen LogP contribution in [-0.4, -0.2) is 18.2 Å². The molecule has 0 aliphatic rings. The average Bonchev–Trinajstić information content (AvgIpc) is 2.04. The lowest BCUT2D eigenvalue weighted by molar-refractivity contribution is -0.120. The molecule has 12 heavy (non-hydrogen) atoms. The maximum absolute atomic E-state index is 11.1. The minimum absolute atomic E-state index is 0.152. The molecule has 0 aromatic heterocycles. The van der Waals surface area contributed by atoms with Gasteiger partial charge in [-0.25, -0.2) is 0 Å². The van der Waals surface area contributed by atoms with Crippen molar-refractivity contribution in [3.05, 3.63) is 11.8 Å². The zero-order valence-corrected chi connectivity index (χ0v) is 7.72. The summed E-state index contributed by atoms with van der Waals surface area (Å²) < 4.78 is 4.88. The van der Waals surface area contributed by atoms with Gasteiger partial charge in [-0.2, -0.15) is 0 Å². The van der Waals surface area contributed by atoms with Crippen molar-refractivity contribution in [2.24, 2.45) is 0 Å². The Morgan fingerprint density at radius 3 is 2.25 bits per heavy atom. The highest BCUT2D eigenvalue weighted by Crippen LogP contribution is 2.01. The van der Waals surface area contributed by atoms with E-state index in [9.17, 15) is 9.59 Å². The van der Waals surface area contributed by atoms with Crippen LogP contribution in [0.15, 0.2) is 11.8 Å². The van der Waals surface area contributed by atoms with Crippen LogP contribution in [-0.2, 0) is 14.3 Å². The van der Waals surface area contributed by atoms with Crippen LogP contribution in [0.25, 0.3) is 0 Å². The molecule has 0 bridgehead atoms. The first-order chi connectivity index (χ1) is 5.63. The fourth-order valence-corrected chi connectivity index (χ4v) is 0.702. The molecule has 3 heteroatoms. The number of hydrogen-bond donors (Lipinski definition) is 0. The lowest BCUT2D eigenvalue weighted by atomic mass is 10.1. The summed E-state index contributed by atoms with van der Waals surface area (Å²) in [7, 11) is 0. The SMILES string of the molecule is CCOC=C(C(C)=O)C(=O)CC. The van der Waals surface area contributed by atoms with Gasteiger partial charge in [-0.3, -0.25) is 9.59 Å². The topological polar surface area (TPSA) is 43.4 Å². The Hall–Kier alpha value is -1.12. The van der Waals surface area contributed by atoms with E-state index in [1.807, 2.05) is 0 Å². The zero-order valence-electron chi connectivity index (χ0n) is 7.72. The van der Waals surface area contributed by atoms with Crippen molar-refractivity contribution < 1.29 is 14.3 Å². The van der Waals surface area contributed by atoms with E-state index in [-0.39, 0.29) is 17.1 Å². The van der Waals surface area contributed by atoms with Crippen LogP contribution in [0.2, 0.25) is 0 Å². The molecule has 0 saturated carbocycles. The second-order valence-corrected chi connectivity index (χ2v) is 2.32. The van der Waals surface area contributed by atoms with Gasteiger partial charge in [0, 0.05) is 6.42 Å². The first kappa shape index (κ1) is 10.9. The van der Waals surface area contributed by atoms with E-state index in [4.69, 9.17) is 4.74 Å². The number of ketones is 2. The molecule has 0 fully saturated rings. The maximum atomic E-state index is 11.1. The summed E-state index contributed by atoms with van der Waals surface area (Å²) in [5.74, 6) is -0.411. The molecule has 0 rings (SSSR count). The predicted octanol–water partition coefficient (Wildman–Crippen LogP) is 1.47. The Balaban J connectivity index is 4.43. The molecule has 68 valence electrons. The summed E-state index contributed by atoms with van der Waals surface area (Å²) in [6.45, 7) is 5.34. The van der Waals surface area contributed by atoms with Crippen molar-refractivity contribution >= 4 is 11.6 Å². The van der Waals surface area contributed by atoms with Gasteiger partial charge in [0.25, 0.3) is 0 Å². The molecule has 0 heterocycles. The molecule has 0 amide bonds. The quantitative estimate of drug-likeness (QED) is 0.271. The Labute approximate surface area is 72.4 Å². The summed E-state index contributed by atoms with van der Waals surface area (Å²) in [5.41, 5.74) is 0.152. The maximum Gasteiger partial charge on any atom is 0.169 e. The first-order valence-corrected chi connectivity index (χ1v) is 3.99. The van der Waals surface area contributed by atoms with E-state index < -0.39 is 0 Å². The Bertz CT molecular complexity index is 204. The number of carbonyl (C=O) groups excluding carboxylic acids is 2. The summed E-state index contributed by atoms with van der Waals surface area (Å²) in [6.07, 6.45) is 1.58. The number of hydrogen-bond acceptors (Lipinski definition) is 3. The van der Waals surface area contributed by atoms with E-state index in [1.165, 1.54) is 13.2 Å². The van der Waals surface area contributed by atoms with Crippen molar-refractivity contribution in [1.82, 2.24) is 0 Å². The van der Waals surface area contributed by atoms with E-state index >= 15 is 0 Å². The molecule has 0 radical (unpaired) electrons. The van der Waals surface area contributed by atoms with Gasteiger partial charge >= 0.3 is 0 Å². The molecule has 0 saturated heterocycles. The van der Waals surface area contributed by atoms with E-state index in [1.54, 1.807) is 13.8 Å². The fraction of sp³-hybridized carbons (Fsp3) is 0.556. The largest absolute Gasteiger partial charge is 0.501 e. The molecule has 0 aliphatic carbocycles. The standard InChI is InChI=1S/C9H14O3/c1-4-9(11)8(7(3)10)6-12-5-2/h6H,4-5H2,1-3H3. The summed E-state index contributed by atoms with van der Waals surface area (Å²) in [5, 5.41) is 0. The summed E-state index contributed by atoms with van der Waals surface area (Å²) >= 11 is 0. The third-order valence-electron chi connectivity index (χ3n) is 1.37.